The first-order valence-electron chi connectivity index (χ1n) is 6.45. The lowest BCUT2D eigenvalue weighted by atomic mass is 10.2. The number of sulfonamides is 1. The van der Waals surface area contributed by atoms with E-state index in [1.807, 2.05) is 19.2 Å². The Morgan fingerprint density at radius 2 is 1.86 bits per heavy atom. The Morgan fingerprint density at radius 1 is 1.14 bits per heavy atom. The average molecular weight is 325 g/mol. The number of nitrogens with one attached hydrogen (secondary N) is 2. The van der Waals surface area contributed by atoms with Crippen molar-refractivity contribution in [1.82, 2.24) is 5.32 Å². The molecule has 0 aliphatic heterocycles. The van der Waals surface area contributed by atoms with Gasteiger partial charge in [0.2, 0.25) is 0 Å². The zero-order valence-electron chi connectivity index (χ0n) is 11.9. The predicted octanol–water partition coefficient (Wildman–Crippen LogP) is 3.17. The van der Waals surface area contributed by atoms with E-state index in [9.17, 15) is 8.42 Å². The molecule has 0 bridgehead atoms. The van der Waals surface area contributed by atoms with Crippen molar-refractivity contribution in [2.75, 3.05) is 11.8 Å². The molecule has 0 fully saturated rings. The highest BCUT2D eigenvalue weighted by Gasteiger charge is 2.18. The highest BCUT2D eigenvalue weighted by molar-refractivity contribution is 7.92. The molecule has 0 aliphatic rings. The largest absolute Gasteiger partial charge is 0.316 e. The smallest absolute Gasteiger partial charge is 0.262 e. The van der Waals surface area contributed by atoms with E-state index in [-0.39, 0.29) is 4.90 Å². The summed E-state index contributed by atoms with van der Waals surface area (Å²) in [5.74, 6) is 0. The molecule has 0 atom stereocenters. The van der Waals surface area contributed by atoms with Gasteiger partial charge < -0.3 is 5.32 Å². The van der Waals surface area contributed by atoms with Crippen LogP contribution >= 0.6 is 11.6 Å². The Morgan fingerprint density at radius 3 is 2.57 bits per heavy atom. The van der Waals surface area contributed by atoms with Gasteiger partial charge in [-0.1, -0.05) is 35.9 Å². The van der Waals surface area contributed by atoms with Gasteiger partial charge in [0.25, 0.3) is 10.0 Å². The standard InChI is InChI=1S/C15H17ClN2O2S/c1-11-7-8-13(16)9-15(11)21(19,20)18-14-6-4-3-5-12(14)10-17-2/h3-9,17-18H,10H2,1-2H3. The number of anilines is 1. The summed E-state index contributed by atoms with van der Waals surface area (Å²) < 4.78 is 27.7. The molecule has 0 saturated heterocycles. The molecule has 0 aliphatic carbocycles. The highest BCUT2D eigenvalue weighted by atomic mass is 35.5. The van der Waals surface area contributed by atoms with Crippen LogP contribution in [0, 0.1) is 6.92 Å². The first-order chi connectivity index (χ1) is 9.94. The minimum absolute atomic E-state index is 0.189. The Kier molecular flexibility index (Phi) is 4.88. The molecular weight excluding hydrogens is 308 g/mol. The van der Waals surface area contributed by atoms with Crippen LogP contribution in [0.5, 0.6) is 0 Å². The first kappa shape index (κ1) is 15.8. The van der Waals surface area contributed by atoms with Gasteiger partial charge >= 0.3 is 0 Å². The van der Waals surface area contributed by atoms with E-state index >= 15 is 0 Å². The van der Waals surface area contributed by atoms with Gasteiger partial charge in [0.15, 0.2) is 0 Å². The van der Waals surface area contributed by atoms with Crippen LogP contribution in [0.1, 0.15) is 11.1 Å². The van der Waals surface area contributed by atoms with Crippen LogP contribution in [0.3, 0.4) is 0 Å². The van der Waals surface area contributed by atoms with Crippen molar-refractivity contribution in [3.63, 3.8) is 0 Å². The van der Waals surface area contributed by atoms with E-state index in [4.69, 9.17) is 11.6 Å². The second kappa shape index (κ2) is 6.47. The average Bonchev–Trinajstić information content (AvgIpc) is 2.43. The molecule has 2 aromatic carbocycles. The lowest BCUT2D eigenvalue weighted by molar-refractivity contribution is 0.600. The number of para-hydroxylation sites is 1. The second-order valence-corrected chi connectivity index (χ2v) is 6.79. The second-order valence-electron chi connectivity index (χ2n) is 4.70. The van der Waals surface area contributed by atoms with Gasteiger partial charge in [-0.25, -0.2) is 8.42 Å². The highest BCUT2D eigenvalue weighted by Crippen LogP contribution is 2.24. The van der Waals surface area contributed by atoms with Crippen LogP contribution in [-0.2, 0) is 16.6 Å². The van der Waals surface area contributed by atoms with E-state index in [1.54, 1.807) is 31.2 Å². The number of rotatable bonds is 5. The third-order valence-corrected chi connectivity index (χ3v) is 4.81. The van der Waals surface area contributed by atoms with Crippen LogP contribution in [-0.4, -0.2) is 15.5 Å². The van der Waals surface area contributed by atoms with E-state index in [1.165, 1.54) is 6.07 Å². The molecule has 0 radical (unpaired) electrons. The van der Waals surface area contributed by atoms with Crippen molar-refractivity contribution in [2.24, 2.45) is 0 Å². The van der Waals surface area contributed by atoms with Crippen LogP contribution in [0.2, 0.25) is 5.02 Å². The maximum Gasteiger partial charge on any atom is 0.262 e. The van der Waals surface area contributed by atoms with E-state index < -0.39 is 10.0 Å². The van der Waals surface area contributed by atoms with Crippen molar-refractivity contribution >= 4 is 27.3 Å². The van der Waals surface area contributed by atoms with E-state index in [2.05, 4.69) is 10.0 Å². The molecule has 112 valence electrons. The van der Waals surface area contributed by atoms with Crippen molar-refractivity contribution in [3.05, 3.63) is 58.6 Å². The molecule has 0 saturated carbocycles. The fourth-order valence-electron chi connectivity index (χ4n) is 2.03. The van der Waals surface area contributed by atoms with Gasteiger partial charge in [0.1, 0.15) is 0 Å². The summed E-state index contributed by atoms with van der Waals surface area (Å²) >= 11 is 5.90. The fourth-order valence-corrected chi connectivity index (χ4v) is 3.64. The van der Waals surface area contributed by atoms with Gasteiger partial charge in [-0.2, -0.15) is 0 Å². The normalized spacial score (nSPS) is 11.4. The zero-order chi connectivity index (χ0) is 15.5. The monoisotopic (exact) mass is 324 g/mol. The molecule has 6 heteroatoms. The molecule has 0 amide bonds. The maximum absolute atomic E-state index is 12.5. The summed E-state index contributed by atoms with van der Waals surface area (Å²) in [5.41, 5.74) is 2.09. The number of hydrogen-bond acceptors (Lipinski definition) is 3. The summed E-state index contributed by atoms with van der Waals surface area (Å²) in [7, 11) is -1.86. The number of halogens is 1. The van der Waals surface area contributed by atoms with Gasteiger partial charge in [-0.05, 0) is 43.3 Å². The summed E-state index contributed by atoms with van der Waals surface area (Å²) in [4.78, 5) is 0.189. The first-order valence-corrected chi connectivity index (χ1v) is 8.31. The van der Waals surface area contributed by atoms with Crippen LogP contribution < -0.4 is 10.0 Å². The Balaban J connectivity index is 2.40. The van der Waals surface area contributed by atoms with Gasteiger partial charge in [-0.15, -0.1) is 0 Å². The molecule has 21 heavy (non-hydrogen) atoms. The van der Waals surface area contributed by atoms with Gasteiger partial charge in [0, 0.05) is 11.6 Å². The summed E-state index contributed by atoms with van der Waals surface area (Å²) in [6.07, 6.45) is 0. The van der Waals surface area contributed by atoms with Crippen LogP contribution in [0.25, 0.3) is 0 Å². The third-order valence-electron chi connectivity index (χ3n) is 3.07. The molecule has 0 unspecified atom stereocenters. The SMILES string of the molecule is CNCc1ccccc1NS(=O)(=O)c1cc(Cl)ccc1C. The minimum atomic E-state index is -3.67. The van der Waals surface area contributed by atoms with Gasteiger partial charge in [0.05, 0.1) is 10.6 Å². The van der Waals surface area contributed by atoms with E-state index in [0.29, 0.717) is 22.8 Å². The molecule has 0 heterocycles. The van der Waals surface area contributed by atoms with Crippen molar-refractivity contribution < 1.29 is 8.42 Å². The lowest BCUT2D eigenvalue weighted by Crippen LogP contribution is -2.17. The summed E-state index contributed by atoms with van der Waals surface area (Å²) in [5, 5.41) is 3.41. The minimum Gasteiger partial charge on any atom is -0.316 e. The van der Waals surface area contributed by atoms with Crippen LogP contribution in [0.4, 0.5) is 5.69 Å². The molecule has 4 nitrogen and oxygen atoms in total. The van der Waals surface area contributed by atoms with E-state index in [0.717, 1.165) is 5.56 Å². The Labute approximate surface area is 130 Å². The summed E-state index contributed by atoms with van der Waals surface area (Å²) in [6.45, 7) is 2.32. The molecule has 2 N–H and O–H groups in total. The quantitative estimate of drug-likeness (QED) is 0.888. The van der Waals surface area contributed by atoms with Crippen molar-refractivity contribution in [1.29, 1.82) is 0 Å². The lowest BCUT2D eigenvalue weighted by Gasteiger charge is -2.14. The van der Waals surface area contributed by atoms with Crippen LogP contribution in [0.15, 0.2) is 47.4 Å². The summed E-state index contributed by atoms with van der Waals surface area (Å²) in [6, 6.07) is 12.1. The molecular formula is C15H17ClN2O2S. The Hall–Kier alpha value is -1.56. The predicted molar refractivity (Wildman–Crippen MR) is 86.2 cm³/mol. The van der Waals surface area contributed by atoms with Crippen molar-refractivity contribution in [2.45, 2.75) is 18.4 Å². The molecule has 2 aromatic rings. The third kappa shape index (κ3) is 3.75. The van der Waals surface area contributed by atoms with Gasteiger partial charge in [-0.3, -0.25) is 4.72 Å². The number of benzene rings is 2. The molecule has 0 aromatic heterocycles. The maximum atomic E-state index is 12.5. The van der Waals surface area contributed by atoms with Crippen molar-refractivity contribution in [3.8, 4) is 0 Å². The molecule has 0 spiro atoms. The molecule has 2 rings (SSSR count). The topological polar surface area (TPSA) is 58.2 Å². The number of hydrogen-bond donors (Lipinski definition) is 2. The number of aryl methyl sites for hydroxylation is 1. The fraction of sp³-hybridized carbons (Fsp3) is 0.200. The zero-order valence-corrected chi connectivity index (χ0v) is 13.4. The Bertz CT molecular complexity index is 745.